The second-order valence-electron chi connectivity index (χ2n) is 6.13. The molecule has 0 aliphatic heterocycles. The Morgan fingerprint density at radius 1 is 1.21 bits per heavy atom. The number of halogens is 1. The Hall–Kier alpha value is -4.01. The van der Waals surface area contributed by atoms with E-state index in [0.29, 0.717) is 0 Å². The lowest BCUT2D eigenvalue weighted by molar-refractivity contribution is -0.384. The quantitative estimate of drug-likeness (QED) is 0.358. The summed E-state index contributed by atoms with van der Waals surface area (Å²) in [4.78, 5) is 22.2. The van der Waals surface area contributed by atoms with Crippen molar-refractivity contribution >= 4 is 23.5 Å². The van der Waals surface area contributed by atoms with E-state index >= 15 is 0 Å². The predicted molar refractivity (Wildman–Crippen MR) is 106 cm³/mol. The van der Waals surface area contributed by atoms with E-state index in [1.54, 1.807) is 0 Å². The normalized spacial score (nSPS) is 10.8. The molecule has 29 heavy (non-hydrogen) atoms. The van der Waals surface area contributed by atoms with E-state index in [1.807, 2.05) is 31.2 Å². The number of carbonyl (C=O) groups excluding carboxylic acids is 1. The highest BCUT2D eigenvalue weighted by Gasteiger charge is 2.19. The molecular weight excluding hydrogens is 379 g/mol. The van der Waals surface area contributed by atoms with Crippen molar-refractivity contribution < 1.29 is 18.5 Å². The summed E-state index contributed by atoms with van der Waals surface area (Å²) in [7, 11) is 0. The van der Waals surface area contributed by atoms with Crippen molar-refractivity contribution in [1.29, 1.82) is 0 Å². The van der Waals surface area contributed by atoms with Crippen LogP contribution in [0.1, 0.15) is 11.3 Å². The highest BCUT2D eigenvalue weighted by molar-refractivity contribution is 5.83. The molecule has 148 valence electrons. The number of aryl methyl sites for hydroxylation is 1. The average Bonchev–Trinajstić information content (AvgIpc) is 3.16. The molecule has 0 aliphatic carbocycles. The van der Waals surface area contributed by atoms with E-state index in [9.17, 15) is 19.3 Å². The number of hydrogen-bond acceptors (Lipinski definition) is 6. The maximum absolute atomic E-state index is 13.3. The van der Waals surface area contributed by atoms with Gasteiger partial charge in [-0.1, -0.05) is 17.7 Å². The van der Waals surface area contributed by atoms with E-state index < -0.39 is 16.4 Å². The summed E-state index contributed by atoms with van der Waals surface area (Å²) < 4.78 is 18.7. The molecule has 3 aromatic rings. The van der Waals surface area contributed by atoms with Crippen LogP contribution < -0.4 is 10.7 Å². The molecule has 0 aliphatic rings. The van der Waals surface area contributed by atoms with Gasteiger partial charge < -0.3 is 9.73 Å². The number of anilines is 1. The first-order chi connectivity index (χ1) is 13.9. The van der Waals surface area contributed by atoms with Gasteiger partial charge in [-0.05, 0) is 43.3 Å². The maximum atomic E-state index is 13.3. The second kappa shape index (κ2) is 8.79. The average molecular weight is 396 g/mol. The number of hydrogen-bond donors (Lipinski definition) is 2. The molecule has 9 heteroatoms. The fraction of sp³-hybridized carbons (Fsp3) is 0.100. The number of rotatable bonds is 7. The van der Waals surface area contributed by atoms with Crippen molar-refractivity contribution in [2.45, 2.75) is 6.92 Å². The Bertz CT molecular complexity index is 1060. The Morgan fingerprint density at radius 2 is 1.97 bits per heavy atom. The van der Waals surface area contributed by atoms with E-state index in [2.05, 4.69) is 15.8 Å². The third kappa shape index (κ3) is 5.25. The van der Waals surface area contributed by atoms with Crippen molar-refractivity contribution in [1.82, 2.24) is 5.43 Å². The van der Waals surface area contributed by atoms with Crippen LogP contribution in [-0.4, -0.2) is 23.6 Å². The van der Waals surface area contributed by atoms with Gasteiger partial charge in [0.25, 0.3) is 11.6 Å². The predicted octanol–water partition coefficient (Wildman–Crippen LogP) is 3.86. The van der Waals surface area contributed by atoms with Crippen LogP contribution in [0.2, 0.25) is 0 Å². The minimum Gasteiger partial charge on any atom is -0.455 e. The van der Waals surface area contributed by atoms with Gasteiger partial charge in [-0.15, -0.1) is 0 Å². The first-order valence-corrected chi connectivity index (χ1v) is 8.59. The lowest BCUT2D eigenvalue weighted by Crippen LogP contribution is -2.25. The van der Waals surface area contributed by atoms with Crippen molar-refractivity contribution in [3.63, 3.8) is 0 Å². The van der Waals surface area contributed by atoms with Crippen LogP contribution in [-0.2, 0) is 4.79 Å². The molecule has 0 radical (unpaired) electrons. The Labute approximate surface area is 165 Å². The number of nitro groups is 1. The van der Waals surface area contributed by atoms with Crippen LogP contribution in [0, 0.1) is 22.9 Å². The van der Waals surface area contributed by atoms with Gasteiger partial charge in [-0.2, -0.15) is 5.10 Å². The zero-order valence-electron chi connectivity index (χ0n) is 15.4. The number of furan rings is 1. The molecule has 3 rings (SSSR count). The summed E-state index contributed by atoms with van der Waals surface area (Å²) in [5.74, 6) is -0.616. The van der Waals surface area contributed by atoms with Crippen LogP contribution >= 0.6 is 0 Å². The molecule has 0 fully saturated rings. The molecule has 1 aromatic heterocycles. The number of carbonyl (C=O) groups is 1. The molecule has 2 aromatic carbocycles. The van der Waals surface area contributed by atoms with Gasteiger partial charge >= 0.3 is 0 Å². The third-order valence-corrected chi connectivity index (χ3v) is 3.93. The van der Waals surface area contributed by atoms with E-state index in [4.69, 9.17) is 4.42 Å². The van der Waals surface area contributed by atoms with Crippen molar-refractivity contribution in [2.24, 2.45) is 5.10 Å². The van der Waals surface area contributed by atoms with E-state index in [1.165, 1.54) is 24.4 Å². The summed E-state index contributed by atoms with van der Waals surface area (Å²) in [6, 6.07) is 13.8. The van der Waals surface area contributed by atoms with Crippen molar-refractivity contribution in [3.05, 3.63) is 81.9 Å². The number of nitrogens with zero attached hydrogens (tertiary/aromatic N) is 2. The molecule has 0 unspecified atom stereocenters. The van der Waals surface area contributed by atoms with Gasteiger partial charge in [0, 0.05) is 5.69 Å². The lowest BCUT2D eigenvalue weighted by atomic mass is 10.1. The Kier molecular flexibility index (Phi) is 5.98. The number of nitro benzene ring substituents is 1. The van der Waals surface area contributed by atoms with Gasteiger partial charge in [0.15, 0.2) is 0 Å². The molecule has 0 saturated heterocycles. The summed E-state index contributed by atoms with van der Waals surface area (Å²) in [5, 5.41) is 17.9. The van der Waals surface area contributed by atoms with E-state index in [-0.39, 0.29) is 29.5 Å². The zero-order chi connectivity index (χ0) is 20.8. The molecule has 0 bridgehead atoms. The largest absolute Gasteiger partial charge is 0.455 e. The van der Waals surface area contributed by atoms with Crippen molar-refractivity contribution in [3.8, 4) is 11.3 Å². The van der Waals surface area contributed by atoms with Gasteiger partial charge in [0.1, 0.15) is 17.3 Å². The summed E-state index contributed by atoms with van der Waals surface area (Å²) >= 11 is 0. The number of benzene rings is 2. The van der Waals surface area contributed by atoms with Crippen LogP contribution in [0.3, 0.4) is 0 Å². The standard InChI is InChI=1S/C20H17FN4O4/c1-13-2-5-15(6-3-13)22-12-20(26)24-23-11-16-7-9-19(29-16)17-8-4-14(21)10-18(17)25(27)28/h2-11,22H,12H2,1H3,(H,24,26)/b23-11-. The van der Waals surface area contributed by atoms with Gasteiger partial charge in [0.05, 0.1) is 29.3 Å². The fourth-order valence-corrected chi connectivity index (χ4v) is 2.49. The van der Waals surface area contributed by atoms with Gasteiger partial charge in [-0.3, -0.25) is 14.9 Å². The molecule has 1 amide bonds. The highest BCUT2D eigenvalue weighted by Crippen LogP contribution is 2.31. The maximum Gasteiger partial charge on any atom is 0.283 e. The Balaban J connectivity index is 1.59. The van der Waals surface area contributed by atoms with Crippen LogP contribution in [0.4, 0.5) is 15.8 Å². The summed E-state index contributed by atoms with van der Waals surface area (Å²) in [5.41, 5.74) is 4.02. The first-order valence-electron chi connectivity index (χ1n) is 8.59. The van der Waals surface area contributed by atoms with Crippen LogP contribution in [0.5, 0.6) is 0 Å². The molecule has 0 saturated carbocycles. The third-order valence-electron chi connectivity index (χ3n) is 3.93. The zero-order valence-corrected chi connectivity index (χ0v) is 15.4. The molecule has 2 N–H and O–H groups in total. The lowest BCUT2D eigenvalue weighted by Gasteiger charge is -2.05. The molecule has 0 spiro atoms. The SMILES string of the molecule is Cc1ccc(NCC(=O)N/N=C\c2ccc(-c3ccc(F)cc3[N+](=O)[O-])o2)cc1. The summed E-state index contributed by atoms with van der Waals surface area (Å²) in [6.45, 7) is 2.01. The summed E-state index contributed by atoms with van der Waals surface area (Å²) in [6.07, 6.45) is 1.27. The highest BCUT2D eigenvalue weighted by atomic mass is 19.1. The number of hydrazone groups is 1. The minimum atomic E-state index is -0.712. The molecule has 1 heterocycles. The topological polar surface area (TPSA) is 110 Å². The second-order valence-corrected chi connectivity index (χ2v) is 6.13. The monoisotopic (exact) mass is 396 g/mol. The van der Waals surface area contributed by atoms with Gasteiger partial charge in [-0.25, -0.2) is 9.82 Å². The molecule has 8 nitrogen and oxygen atoms in total. The van der Waals surface area contributed by atoms with E-state index in [0.717, 1.165) is 23.4 Å². The molecule has 0 atom stereocenters. The van der Waals surface area contributed by atoms with Crippen LogP contribution in [0.25, 0.3) is 11.3 Å². The Morgan fingerprint density at radius 3 is 2.69 bits per heavy atom. The van der Waals surface area contributed by atoms with Gasteiger partial charge in [0.2, 0.25) is 0 Å². The fourth-order valence-electron chi connectivity index (χ4n) is 2.49. The smallest absolute Gasteiger partial charge is 0.283 e. The molecular formula is C20H17FN4O4. The first kappa shape index (κ1) is 19.7. The number of nitrogens with one attached hydrogen (secondary N) is 2. The minimum absolute atomic E-state index is 0.0333. The van der Waals surface area contributed by atoms with Crippen molar-refractivity contribution in [2.75, 3.05) is 11.9 Å². The number of amides is 1. The van der Waals surface area contributed by atoms with Crippen LogP contribution in [0.15, 0.2) is 64.1 Å².